The highest BCUT2D eigenvalue weighted by molar-refractivity contribution is 7.88. The van der Waals surface area contributed by atoms with Crippen LogP contribution < -0.4 is 5.32 Å². The Morgan fingerprint density at radius 2 is 1.97 bits per heavy atom. The molecule has 2 amide bonds. The van der Waals surface area contributed by atoms with Crippen LogP contribution in [0, 0.1) is 17.7 Å². The number of sulfonamides is 1. The molecule has 2 fully saturated rings. The van der Waals surface area contributed by atoms with E-state index in [2.05, 4.69) is 10.5 Å². The molecular weight excluding hydrogens is 451 g/mol. The number of hydrogen-bond donors (Lipinski definition) is 1. The Labute approximate surface area is 192 Å². The average Bonchev–Trinajstić information content (AvgIpc) is 3.42. The molecule has 2 aliphatic heterocycles. The van der Waals surface area contributed by atoms with E-state index < -0.39 is 33.9 Å². The van der Waals surface area contributed by atoms with Gasteiger partial charge in [-0.15, -0.1) is 0 Å². The van der Waals surface area contributed by atoms with Gasteiger partial charge in [-0.05, 0) is 30.0 Å². The van der Waals surface area contributed by atoms with Crippen molar-refractivity contribution in [2.75, 3.05) is 12.8 Å². The Bertz CT molecular complexity index is 1150. The number of nitrogens with one attached hydrogen (secondary N) is 1. The first kappa shape index (κ1) is 23.4. The van der Waals surface area contributed by atoms with Gasteiger partial charge in [-0.3, -0.25) is 9.59 Å². The summed E-state index contributed by atoms with van der Waals surface area (Å²) in [4.78, 5) is 27.7. The predicted octanol–water partition coefficient (Wildman–Crippen LogP) is 1.76. The first-order valence-electron chi connectivity index (χ1n) is 10.8. The maximum absolute atomic E-state index is 13.2. The monoisotopic (exact) mass is 478 g/mol. The molecule has 1 N–H and O–H groups in total. The lowest BCUT2D eigenvalue weighted by Gasteiger charge is -2.28. The summed E-state index contributed by atoms with van der Waals surface area (Å²) in [6, 6.07) is 6.57. The molecule has 3 heterocycles. The van der Waals surface area contributed by atoms with Crippen LogP contribution in [0.5, 0.6) is 0 Å². The molecule has 0 aliphatic carbocycles. The largest absolute Gasteiger partial charge is 0.359 e. The van der Waals surface area contributed by atoms with Crippen LogP contribution >= 0.6 is 0 Å². The fraction of sp³-hybridized carbons (Fsp3) is 0.500. The Balaban J connectivity index is 1.45. The van der Waals surface area contributed by atoms with Crippen LogP contribution in [0.4, 0.5) is 4.39 Å². The molecule has 3 atom stereocenters. The smallest absolute Gasteiger partial charge is 0.276 e. The fourth-order valence-corrected chi connectivity index (χ4v) is 6.02. The zero-order valence-electron chi connectivity index (χ0n) is 18.7. The molecule has 11 heteroatoms. The number of rotatable bonds is 7. The lowest BCUT2D eigenvalue weighted by Crippen LogP contribution is -2.44. The zero-order valence-corrected chi connectivity index (χ0v) is 19.5. The van der Waals surface area contributed by atoms with Crippen LogP contribution in [0.25, 0.3) is 0 Å². The summed E-state index contributed by atoms with van der Waals surface area (Å²) in [5.41, 5.74) is 1.01. The van der Waals surface area contributed by atoms with E-state index in [-0.39, 0.29) is 23.3 Å². The van der Waals surface area contributed by atoms with Gasteiger partial charge in [0.15, 0.2) is 11.5 Å². The van der Waals surface area contributed by atoms with Crippen molar-refractivity contribution < 1.29 is 26.9 Å². The summed E-state index contributed by atoms with van der Waals surface area (Å²) in [6.07, 6.45) is 1.42. The number of amides is 2. The van der Waals surface area contributed by atoms with Crippen molar-refractivity contribution in [1.82, 2.24) is 19.7 Å². The Morgan fingerprint density at radius 3 is 2.61 bits per heavy atom. The molecule has 0 spiro atoms. The van der Waals surface area contributed by atoms with Gasteiger partial charge >= 0.3 is 0 Å². The van der Waals surface area contributed by atoms with Gasteiger partial charge in [0, 0.05) is 19.2 Å². The van der Waals surface area contributed by atoms with Crippen LogP contribution in [0.2, 0.25) is 0 Å². The minimum absolute atomic E-state index is 0.113. The third kappa shape index (κ3) is 4.51. The molecule has 2 aromatic rings. The van der Waals surface area contributed by atoms with E-state index in [1.54, 1.807) is 23.1 Å². The molecule has 0 bridgehead atoms. The lowest BCUT2D eigenvalue weighted by molar-refractivity contribution is -0.129. The van der Waals surface area contributed by atoms with Gasteiger partial charge in [0.2, 0.25) is 15.9 Å². The molecule has 0 saturated carbocycles. The van der Waals surface area contributed by atoms with Crippen LogP contribution in [0.1, 0.15) is 42.1 Å². The number of carbonyl (C=O) groups is 2. The molecule has 1 aromatic heterocycles. The highest BCUT2D eigenvalue weighted by Crippen LogP contribution is 2.41. The number of halogens is 1. The summed E-state index contributed by atoms with van der Waals surface area (Å²) in [5.74, 6) is -1.41. The van der Waals surface area contributed by atoms with Crippen LogP contribution in [-0.2, 0) is 27.9 Å². The van der Waals surface area contributed by atoms with E-state index in [1.165, 1.54) is 12.1 Å². The minimum atomic E-state index is -3.74. The Morgan fingerprint density at radius 1 is 1.27 bits per heavy atom. The molecule has 2 saturated heterocycles. The Hall–Kier alpha value is -2.79. The lowest BCUT2D eigenvalue weighted by atomic mass is 9.88. The van der Waals surface area contributed by atoms with Crippen molar-refractivity contribution in [3.63, 3.8) is 0 Å². The van der Waals surface area contributed by atoms with Crippen LogP contribution in [0.15, 0.2) is 34.9 Å². The van der Waals surface area contributed by atoms with Gasteiger partial charge in [0.05, 0.1) is 30.8 Å². The molecule has 178 valence electrons. The third-order valence-corrected chi connectivity index (χ3v) is 7.41. The first-order valence-corrected chi connectivity index (χ1v) is 12.7. The summed E-state index contributed by atoms with van der Waals surface area (Å²) < 4.78 is 43.8. The van der Waals surface area contributed by atoms with Gasteiger partial charge in [-0.1, -0.05) is 31.1 Å². The molecule has 2 aliphatic rings. The predicted molar refractivity (Wildman–Crippen MR) is 117 cm³/mol. The molecule has 4 rings (SSSR count). The highest BCUT2D eigenvalue weighted by Gasteiger charge is 2.58. The van der Waals surface area contributed by atoms with E-state index in [0.29, 0.717) is 31.8 Å². The number of aromatic nitrogens is 1. The molecule has 0 radical (unpaired) electrons. The summed E-state index contributed by atoms with van der Waals surface area (Å²) >= 11 is 0. The van der Waals surface area contributed by atoms with Crippen LogP contribution in [-0.4, -0.2) is 59.5 Å². The van der Waals surface area contributed by atoms with Crippen molar-refractivity contribution in [3.05, 3.63) is 53.2 Å². The second kappa shape index (κ2) is 8.86. The van der Waals surface area contributed by atoms with Crippen molar-refractivity contribution in [3.8, 4) is 0 Å². The number of nitrogens with zero attached hydrogens (tertiary/aromatic N) is 3. The average molecular weight is 479 g/mol. The van der Waals surface area contributed by atoms with Gasteiger partial charge in [-0.25, -0.2) is 17.1 Å². The summed E-state index contributed by atoms with van der Waals surface area (Å²) in [5, 5.41) is 7.04. The van der Waals surface area contributed by atoms with E-state index >= 15 is 0 Å². The normalized spacial score (nSPS) is 22.9. The molecule has 0 unspecified atom stereocenters. The molecule has 33 heavy (non-hydrogen) atoms. The standard InChI is InChI=1S/C22H27FN4O5S/c1-13(2)19-20-18(27(22(19)29)33(3,30)31)8-9-26(20)21(28)17-10-16(32-25-17)12-24-11-14-4-6-15(23)7-5-14/h4-7,10,13,18-20,24H,8-9,11-12H2,1-3H3/t18-,19+,20-/m0/s1. The number of benzene rings is 1. The van der Waals surface area contributed by atoms with Crippen molar-refractivity contribution >= 4 is 21.8 Å². The van der Waals surface area contributed by atoms with Gasteiger partial charge in [0.25, 0.3) is 5.91 Å². The second-order valence-corrected chi connectivity index (χ2v) is 10.8. The fourth-order valence-electron chi connectivity index (χ4n) is 4.85. The van der Waals surface area contributed by atoms with Crippen molar-refractivity contribution in [2.45, 2.75) is 45.4 Å². The van der Waals surface area contributed by atoms with Gasteiger partial charge in [-0.2, -0.15) is 0 Å². The molecule has 1 aromatic carbocycles. The summed E-state index contributed by atoms with van der Waals surface area (Å²) in [6.45, 7) is 4.85. The minimum Gasteiger partial charge on any atom is -0.359 e. The summed E-state index contributed by atoms with van der Waals surface area (Å²) in [7, 11) is -3.74. The van der Waals surface area contributed by atoms with E-state index in [9.17, 15) is 22.4 Å². The van der Waals surface area contributed by atoms with Gasteiger partial charge in [0.1, 0.15) is 5.82 Å². The van der Waals surface area contributed by atoms with Gasteiger partial charge < -0.3 is 14.7 Å². The first-order chi connectivity index (χ1) is 15.6. The third-order valence-electron chi connectivity index (χ3n) is 6.25. The van der Waals surface area contributed by atoms with Crippen molar-refractivity contribution in [1.29, 1.82) is 0 Å². The number of likely N-dealkylation sites (tertiary alicyclic amines) is 1. The number of fused-ring (bicyclic) bond motifs is 1. The topological polar surface area (TPSA) is 113 Å². The van der Waals surface area contributed by atoms with Crippen LogP contribution in [0.3, 0.4) is 0 Å². The van der Waals surface area contributed by atoms with Crippen molar-refractivity contribution in [2.24, 2.45) is 11.8 Å². The number of carbonyl (C=O) groups excluding carboxylic acids is 2. The Kier molecular flexibility index (Phi) is 6.28. The highest BCUT2D eigenvalue weighted by atomic mass is 32.2. The maximum Gasteiger partial charge on any atom is 0.276 e. The maximum atomic E-state index is 13.2. The van der Waals surface area contributed by atoms with E-state index in [1.807, 2.05) is 13.8 Å². The molecule has 9 nitrogen and oxygen atoms in total. The SMILES string of the molecule is CC(C)[C@H]1C(=O)N(S(C)(=O)=O)[C@H]2CCN(C(=O)c3cc(CNCc4ccc(F)cc4)on3)[C@H]12. The number of hydrogen-bond acceptors (Lipinski definition) is 7. The van der Waals surface area contributed by atoms with E-state index in [4.69, 9.17) is 4.52 Å². The molecular formula is C22H27FN4O5S. The second-order valence-electron chi connectivity index (χ2n) is 8.92. The van der Waals surface area contributed by atoms with E-state index in [0.717, 1.165) is 16.1 Å². The zero-order chi connectivity index (χ0) is 23.9. The quantitative estimate of drug-likeness (QED) is 0.645.